The molecular formula is C18H22N2O3. The lowest BCUT2D eigenvalue weighted by atomic mass is 10.1. The molecule has 1 amide bonds. The van der Waals surface area contributed by atoms with E-state index in [1.165, 1.54) is 0 Å². The predicted octanol–water partition coefficient (Wildman–Crippen LogP) is 2.74. The molecule has 1 aromatic heterocycles. The lowest BCUT2D eigenvalue weighted by Crippen LogP contribution is -2.38. The smallest absolute Gasteiger partial charge is 0.307 e. The van der Waals surface area contributed by atoms with Crippen molar-refractivity contribution in [2.45, 2.75) is 32.2 Å². The average molecular weight is 314 g/mol. The van der Waals surface area contributed by atoms with E-state index in [0.717, 1.165) is 23.7 Å². The Morgan fingerprint density at radius 2 is 2.09 bits per heavy atom. The van der Waals surface area contributed by atoms with E-state index in [0.29, 0.717) is 18.8 Å². The zero-order valence-electron chi connectivity index (χ0n) is 13.6. The molecule has 1 aliphatic rings. The molecular weight excluding hydrogens is 292 g/mol. The molecule has 5 nitrogen and oxygen atoms in total. The highest BCUT2D eigenvalue weighted by molar-refractivity contribution is 5.99. The third-order valence-electron chi connectivity index (χ3n) is 4.52. The molecule has 1 fully saturated rings. The number of fused-ring (bicyclic) bond motifs is 1. The van der Waals surface area contributed by atoms with Crippen molar-refractivity contribution in [3.8, 4) is 0 Å². The van der Waals surface area contributed by atoms with Gasteiger partial charge in [-0.2, -0.15) is 0 Å². The third kappa shape index (κ3) is 2.96. The van der Waals surface area contributed by atoms with Crippen molar-refractivity contribution in [2.75, 3.05) is 13.2 Å². The van der Waals surface area contributed by atoms with E-state index in [1.54, 1.807) is 6.92 Å². The molecule has 0 saturated carbocycles. The summed E-state index contributed by atoms with van der Waals surface area (Å²) in [5, 5.41) is 1.06. The van der Waals surface area contributed by atoms with E-state index in [4.69, 9.17) is 4.74 Å². The van der Waals surface area contributed by atoms with Crippen LogP contribution in [0, 0.1) is 0 Å². The van der Waals surface area contributed by atoms with Gasteiger partial charge >= 0.3 is 5.97 Å². The van der Waals surface area contributed by atoms with Gasteiger partial charge in [0, 0.05) is 30.5 Å². The van der Waals surface area contributed by atoms with E-state index in [1.807, 2.05) is 46.8 Å². The average Bonchev–Trinajstić information content (AvgIpc) is 3.12. The van der Waals surface area contributed by atoms with Gasteiger partial charge in [0.15, 0.2) is 0 Å². The highest BCUT2D eigenvalue weighted by Gasteiger charge is 2.32. The lowest BCUT2D eigenvalue weighted by molar-refractivity contribution is -0.144. The summed E-state index contributed by atoms with van der Waals surface area (Å²) in [6, 6.07) is 9.82. The number of carbonyl (C=O) groups is 2. The number of hydrogen-bond donors (Lipinski definition) is 0. The summed E-state index contributed by atoms with van der Waals surface area (Å²) in [6.45, 7) is 2.87. The van der Waals surface area contributed by atoms with Crippen LogP contribution in [0.2, 0.25) is 0 Å². The molecule has 1 unspecified atom stereocenters. The van der Waals surface area contributed by atoms with Gasteiger partial charge in [-0.15, -0.1) is 0 Å². The molecule has 2 heterocycles. The minimum atomic E-state index is -0.228. The van der Waals surface area contributed by atoms with E-state index < -0.39 is 0 Å². The number of amides is 1. The highest BCUT2D eigenvalue weighted by Crippen LogP contribution is 2.25. The molecule has 2 aromatic rings. The highest BCUT2D eigenvalue weighted by atomic mass is 16.5. The molecule has 0 radical (unpaired) electrons. The van der Waals surface area contributed by atoms with Crippen molar-refractivity contribution in [1.82, 2.24) is 9.47 Å². The van der Waals surface area contributed by atoms with Gasteiger partial charge in [-0.3, -0.25) is 9.59 Å². The largest absolute Gasteiger partial charge is 0.466 e. The third-order valence-corrected chi connectivity index (χ3v) is 4.52. The van der Waals surface area contributed by atoms with Crippen LogP contribution in [0.5, 0.6) is 0 Å². The second-order valence-electron chi connectivity index (χ2n) is 5.95. The SMILES string of the molecule is CCOC(=O)CC1CCCN1C(=O)c1cc2ccccc2n1C. The summed E-state index contributed by atoms with van der Waals surface area (Å²) in [6.07, 6.45) is 2.07. The summed E-state index contributed by atoms with van der Waals surface area (Å²) < 4.78 is 6.96. The minimum Gasteiger partial charge on any atom is -0.466 e. The van der Waals surface area contributed by atoms with E-state index >= 15 is 0 Å². The van der Waals surface area contributed by atoms with Crippen LogP contribution < -0.4 is 0 Å². The quantitative estimate of drug-likeness (QED) is 0.815. The summed E-state index contributed by atoms with van der Waals surface area (Å²) >= 11 is 0. The van der Waals surface area contributed by atoms with Gasteiger partial charge in [-0.05, 0) is 31.9 Å². The Morgan fingerprint density at radius 1 is 1.30 bits per heavy atom. The number of ether oxygens (including phenoxy) is 1. The Balaban J connectivity index is 1.83. The number of para-hydroxylation sites is 1. The number of hydrogen-bond acceptors (Lipinski definition) is 3. The molecule has 1 saturated heterocycles. The number of aromatic nitrogens is 1. The maximum absolute atomic E-state index is 12.9. The molecule has 1 atom stereocenters. The summed E-state index contributed by atoms with van der Waals surface area (Å²) in [5.74, 6) is -0.232. The minimum absolute atomic E-state index is 0.00417. The van der Waals surface area contributed by atoms with Crippen molar-refractivity contribution < 1.29 is 14.3 Å². The predicted molar refractivity (Wildman–Crippen MR) is 88.2 cm³/mol. The fraction of sp³-hybridized carbons (Fsp3) is 0.444. The zero-order valence-corrected chi connectivity index (χ0v) is 13.6. The van der Waals surface area contributed by atoms with Gasteiger partial charge in [-0.25, -0.2) is 0 Å². The molecule has 1 aromatic carbocycles. The fourth-order valence-electron chi connectivity index (χ4n) is 3.37. The van der Waals surface area contributed by atoms with Crippen LogP contribution in [0.15, 0.2) is 30.3 Å². The number of nitrogens with zero attached hydrogens (tertiary/aromatic N) is 2. The van der Waals surface area contributed by atoms with Crippen LogP contribution in [0.25, 0.3) is 10.9 Å². The Bertz CT molecular complexity index is 735. The molecule has 5 heteroatoms. The van der Waals surface area contributed by atoms with Gasteiger partial charge < -0.3 is 14.2 Å². The molecule has 0 spiro atoms. The first kappa shape index (κ1) is 15.6. The first-order chi connectivity index (χ1) is 11.1. The topological polar surface area (TPSA) is 51.5 Å². The fourth-order valence-corrected chi connectivity index (χ4v) is 3.37. The zero-order chi connectivity index (χ0) is 16.4. The molecule has 0 aliphatic carbocycles. The van der Waals surface area contributed by atoms with Gasteiger partial charge in [0.2, 0.25) is 0 Å². The van der Waals surface area contributed by atoms with Crippen molar-refractivity contribution >= 4 is 22.8 Å². The maximum Gasteiger partial charge on any atom is 0.307 e. The van der Waals surface area contributed by atoms with Crippen LogP contribution in [0.3, 0.4) is 0 Å². The van der Waals surface area contributed by atoms with E-state index in [9.17, 15) is 9.59 Å². The van der Waals surface area contributed by atoms with Crippen molar-refractivity contribution in [1.29, 1.82) is 0 Å². The monoisotopic (exact) mass is 314 g/mol. The van der Waals surface area contributed by atoms with E-state index in [-0.39, 0.29) is 24.3 Å². The Morgan fingerprint density at radius 3 is 2.83 bits per heavy atom. The van der Waals surface area contributed by atoms with Gasteiger partial charge in [0.1, 0.15) is 5.69 Å². The van der Waals surface area contributed by atoms with Crippen LogP contribution in [-0.4, -0.2) is 40.5 Å². The van der Waals surface area contributed by atoms with Crippen molar-refractivity contribution in [3.05, 3.63) is 36.0 Å². The molecule has 3 rings (SSSR count). The number of esters is 1. The van der Waals surface area contributed by atoms with Gasteiger partial charge in [0.25, 0.3) is 5.91 Å². The van der Waals surface area contributed by atoms with Gasteiger partial charge in [0.05, 0.1) is 13.0 Å². The van der Waals surface area contributed by atoms with Crippen molar-refractivity contribution in [3.63, 3.8) is 0 Å². The number of rotatable bonds is 4. The molecule has 122 valence electrons. The molecule has 1 aliphatic heterocycles. The van der Waals surface area contributed by atoms with Crippen LogP contribution >= 0.6 is 0 Å². The Kier molecular flexibility index (Phi) is 4.37. The maximum atomic E-state index is 12.9. The van der Waals surface area contributed by atoms with E-state index in [2.05, 4.69) is 0 Å². The number of benzene rings is 1. The summed E-state index contributed by atoms with van der Waals surface area (Å²) in [4.78, 5) is 26.5. The molecule has 0 bridgehead atoms. The van der Waals surface area contributed by atoms with Crippen molar-refractivity contribution in [2.24, 2.45) is 7.05 Å². The second-order valence-corrected chi connectivity index (χ2v) is 5.95. The van der Waals surface area contributed by atoms with Gasteiger partial charge in [-0.1, -0.05) is 18.2 Å². The first-order valence-corrected chi connectivity index (χ1v) is 8.13. The second kappa shape index (κ2) is 6.44. The molecule has 0 N–H and O–H groups in total. The normalized spacial score (nSPS) is 17.7. The number of aryl methyl sites for hydroxylation is 1. The first-order valence-electron chi connectivity index (χ1n) is 8.13. The number of likely N-dealkylation sites (tertiary alicyclic amines) is 1. The number of carbonyl (C=O) groups excluding carboxylic acids is 2. The van der Waals surface area contributed by atoms with Crippen LogP contribution in [-0.2, 0) is 16.6 Å². The Labute approximate surface area is 135 Å². The summed E-state index contributed by atoms with van der Waals surface area (Å²) in [7, 11) is 1.91. The Hall–Kier alpha value is -2.30. The van der Waals surface area contributed by atoms with Crippen LogP contribution in [0.1, 0.15) is 36.7 Å². The van der Waals surface area contributed by atoms with Crippen LogP contribution in [0.4, 0.5) is 0 Å². The standard InChI is InChI=1S/C18H22N2O3/c1-3-23-17(21)12-14-8-6-10-20(14)18(22)16-11-13-7-4-5-9-15(13)19(16)2/h4-5,7,9,11,14H,3,6,8,10,12H2,1-2H3. The summed E-state index contributed by atoms with van der Waals surface area (Å²) in [5.41, 5.74) is 1.71. The lowest BCUT2D eigenvalue weighted by Gasteiger charge is -2.24. The molecule has 23 heavy (non-hydrogen) atoms.